The summed E-state index contributed by atoms with van der Waals surface area (Å²) in [5.74, 6) is 0.132. The van der Waals surface area contributed by atoms with Gasteiger partial charge >= 0.3 is 0 Å². The van der Waals surface area contributed by atoms with Crippen molar-refractivity contribution >= 4 is 33.4 Å². The standard InChI is InChI=1S/C12H15BrClNO/c1-3-15(4-2)12(16)8-9-7-10(14)5-6-11(9)13/h5-7H,3-4,8H2,1-2H3. The van der Waals surface area contributed by atoms with E-state index >= 15 is 0 Å². The van der Waals surface area contributed by atoms with Crippen LogP contribution in [0.3, 0.4) is 0 Å². The number of benzene rings is 1. The molecule has 0 aliphatic heterocycles. The molecule has 0 aliphatic carbocycles. The fourth-order valence-electron chi connectivity index (χ4n) is 1.53. The molecular formula is C12H15BrClNO. The molecule has 0 radical (unpaired) electrons. The van der Waals surface area contributed by atoms with E-state index in [0.29, 0.717) is 11.4 Å². The Balaban J connectivity index is 2.80. The zero-order chi connectivity index (χ0) is 12.1. The summed E-state index contributed by atoms with van der Waals surface area (Å²) in [6.07, 6.45) is 0.392. The number of hydrogen-bond donors (Lipinski definition) is 0. The van der Waals surface area contributed by atoms with E-state index in [2.05, 4.69) is 15.9 Å². The lowest BCUT2D eigenvalue weighted by atomic mass is 10.1. The van der Waals surface area contributed by atoms with E-state index in [9.17, 15) is 4.79 Å². The molecule has 0 heterocycles. The summed E-state index contributed by atoms with van der Waals surface area (Å²) in [7, 11) is 0. The molecule has 4 heteroatoms. The molecule has 88 valence electrons. The van der Waals surface area contributed by atoms with Gasteiger partial charge in [-0.15, -0.1) is 0 Å². The Kier molecular flexibility index (Phi) is 5.29. The Morgan fingerprint density at radius 3 is 2.56 bits per heavy atom. The van der Waals surface area contributed by atoms with Crippen molar-refractivity contribution in [2.75, 3.05) is 13.1 Å². The fraction of sp³-hybridized carbons (Fsp3) is 0.417. The normalized spacial score (nSPS) is 10.2. The second kappa shape index (κ2) is 6.26. The molecule has 0 fully saturated rings. The molecule has 1 aromatic rings. The lowest BCUT2D eigenvalue weighted by Crippen LogP contribution is -2.31. The lowest BCUT2D eigenvalue weighted by Gasteiger charge is -2.18. The van der Waals surface area contributed by atoms with E-state index in [1.54, 1.807) is 6.07 Å². The highest BCUT2D eigenvalue weighted by molar-refractivity contribution is 9.10. The molecule has 1 aromatic carbocycles. The number of nitrogens with zero attached hydrogens (tertiary/aromatic N) is 1. The SMILES string of the molecule is CCN(CC)C(=O)Cc1cc(Cl)ccc1Br. The highest BCUT2D eigenvalue weighted by Crippen LogP contribution is 2.22. The molecule has 16 heavy (non-hydrogen) atoms. The number of carbonyl (C=O) groups is 1. The third kappa shape index (κ3) is 3.49. The Hall–Kier alpha value is -0.540. The summed E-state index contributed by atoms with van der Waals surface area (Å²) in [5.41, 5.74) is 0.935. The number of rotatable bonds is 4. The van der Waals surface area contributed by atoms with E-state index in [4.69, 9.17) is 11.6 Å². The molecule has 0 N–H and O–H groups in total. The minimum absolute atomic E-state index is 0.132. The quantitative estimate of drug-likeness (QED) is 0.833. The summed E-state index contributed by atoms with van der Waals surface area (Å²) in [5, 5.41) is 0.658. The molecule has 0 aliphatic rings. The van der Waals surface area contributed by atoms with Gasteiger partial charge in [-0.1, -0.05) is 27.5 Å². The first-order valence-corrected chi connectivity index (χ1v) is 6.47. The van der Waals surface area contributed by atoms with Gasteiger partial charge in [-0.3, -0.25) is 4.79 Å². The van der Waals surface area contributed by atoms with Crippen LogP contribution >= 0.6 is 27.5 Å². The van der Waals surface area contributed by atoms with Gasteiger partial charge in [0, 0.05) is 22.6 Å². The smallest absolute Gasteiger partial charge is 0.227 e. The maximum absolute atomic E-state index is 11.9. The largest absolute Gasteiger partial charge is 0.343 e. The van der Waals surface area contributed by atoms with Crippen LogP contribution in [0.4, 0.5) is 0 Å². The van der Waals surface area contributed by atoms with Crippen molar-refractivity contribution in [1.82, 2.24) is 4.90 Å². The van der Waals surface area contributed by atoms with E-state index in [0.717, 1.165) is 23.1 Å². The average Bonchev–Trinajstić information content (AvgIpc) is 2.25. The number of carbonyl (C=O) groups excluding carboxylic acids is 1. The van der Waals surface area contributed by atoms with Crippen molar-refractivity contribution in [3.8, 4) is 0 Å². The van der Waals surface area contributed by atoms with Crippen molar-refractivity contribution in [1.29, 1.82) is 0 Å². The number of halogens is 2. The van der Waals surface area contributed by atoms with Crippen LogP contribution < -0.4 is 0 Å². The fourth-order valence-corrected chi connectivity index (χ4v) is 2.11. The zero-order valence-corrected chi connectivity index (χ0v) is 11.8. The van der Waals surface area contributed by atoms with E-state index < -0.39 is 0 Å². The topological polar surface area (TPSA) is 20.3 Å². The molecule has 2 nitrogen and oxygen atoms in total. The number of amides is 1. The van der Waals surface area contributed by atoms with Crippen molar-refractivity contribution in [2.45, 2.75) is 20.3 Å². The Labute approximate surface area is 110 Å². The molecule has 0 unspecified atom stereocenters. The van der Waals surface area contributed by atoms with Gasteiger partial charge in [0.1, 0.15) is 0 Å². The predicted octanol–water partition coefficient (Wildman–Crippen LogP) is 3.51. The number of likely N-dealkylation sites (N-methyl/N-ethyl adjacent to an activating group) is 1. The summed E-state index contributed by atoms with van der Waals surface area (Å²) in [6, 6.07) is 5.50. The van der Waals surface area contributed by atoms with E-state index in [1.807, 2.05) is 30.9 Å². The molecule has 1 rings (SSSR count). The van der Waals surface area contributed by atoms with Gasteiger partial charge in [0.05, 0.1) is 6.42 Å². The highest BCUT2D eigenvalue weighted by atomic mass is 79.9. The van der Waals surface area contributed by atoms with Crippen LogP contribution in [0, 0.1) is 0 Å². The zero-order valence-electron chi connectivity index (χ0n) is 9.46. The van der Waals surface area contributed by atoms with Crippen molar-refractivity contribution in [3.63, 3.8) is 0 Å². The van der Waals surface area contributed by atoms with Crippen LogP contribution in [0.25, 0.3) is 0 Å². The van der Waals surface area contributed by atoms with Crippen LogP contribution in [0.5, 0.6) is 0 Å². The van der Waals surface area contributed by atoms with Crippen molar-refractivity contribution in [2.24, 2.45) is 0 Å². The maximum Gasteiger partial charge on any atom is 0.227 e. The third-order valence-corrected chi connectivity index (χ3v) is 3.47. The van der Waals surface area contributed by atoms with Gasteiger partial charge in [-0.05, 0) is 37.6 Å². The summed E-state index contributed by atoms with van der Waals surface area (Å²) >= 11 is 9.32. The second-order valence-corrected chi connectivity index (χ2v) is 4.77. The first kappa shape index (κ1) is 13.5. The average molecular weight is 305 g/mol. The van der Waals surface area contributed by atoms with Crippen LogP contribution in [-0.4, -0.2) is 23.9 Å². The monoisotopic (exact) mass is 303 g/mol. The third-order valence-electron chi connectivity index (χ3n) is 2.47. The van der Waals surface area contributed by atoms with Gasteiger partial charge in [0.2, 0.25) is 5.91 Å². The van der Waals surface area contributed by atoms with Crippen LogP contribution in [0.1, 0.15) is 19.4 Å². The highest BCUT2D eigenvalue weighted by Gasteiger charge is 2.12. The Morgan fingerprint density at radius 1 is 1.38 bits per heavy atom. The van der Waals surface area contributed by atoms with Gasteiger partial charge in [0.25, 0.3) is 0 Å². The van der Waals surface area contributed by atoms with Gasteiger partial charge in [-0.25, -0.2) is 0 Å². The molecule has 0 atom stereocenters. The molecule has 0 aromatic heterocycles. The van der Waals surface area contributed by atoms with E-state index in [-0.39, 0.29) is 5.91 Å². The molecule has 0 saturated carbocycles. The van der Waals surface area contributed by atoms with Gasteiger partial charge < -0.3 is 4.90 Å². The molecule has 0 saturated heterocycles. The molecule has 0 bridgehead atoms. The molecular weight excluding hydrogens is 289 g/mol. The lowest BCUT2D eigenvalue weighted by molar-refractivity contribution is -0.130. The van der Waals surface area contributed by atoms with E-state index in [1.165, 1.54) is 0 Å². The molecule has 0 spiro atoms. The second-order valence-electron chi connectivity index (χ2n) is 3.48. The van der Waals surface area contributed by atoms with Gasteiger partial charge in [-0.2, -0.15) is 0 Å². The van der Waals surface area contributed by atoms with Crippen LogP contribution in [0.15, 0.2) is 22.7 Å². The summed E-state index contributed by atoms with van der Waals surface area (Å²) < 4.78 is 0.928. The minimum Gasteiger partial charge on any atom is -0.343 e. The minimum atomic E-state index is 0.132. The Bertz CT molecular complexity index is 377. The maximum atomic E-state index is 11.9. The van der Waals surface area contributed by atoms with Crippen molar-refractivity contribution in [3.05, 3.63) is 33.3 Å². The van der Waals surface area contributed by atoms with Crippen molar-refractivity contribution < 1.29 is 4.79 Å². The number of hydrogen-bond acceptors (Lipinski definition) is 1. The van der Waals surface area contributed by atoms with Crippen LogP contribution in [0.2, 0.25) is 5.02 Å². The first-order chi connectivity index (χ1) is 7.58. The predicted molar refractivity (Wildman–Crippen MR) is 70.8 cm³/mol. The first-order valence-electron chi connectivity index (χ1n) is 5.30. The van der Waals surface area contributed by atoms with Gasteiger partial charge in [0.15, 0.2) is 0 Å². The molecule has 1 amide bonds. The Morgan fingerprint density at radius 2 is 2.00 bits per heavy atom. The van der Waals surface area contributed by atoms with Crippen LogP contribution in [-0.2, 0) is 11.2 Å². The summed E-state index contributed by atoms with van der Waals surface area (Å²) in [4.78, 5) is 13.7. The summed E-state index contributed by atoms with van der Waals surface area (Å²) in [6.45, 7) is 5.45.